The molecular formula is C13H22N4O2S. The summed E-state index contributed by atoms with van der Waals surface area (Å²) in [5.41, 5.74) is 0. The summed E-state index contributed by atoms with van der Waals surface area (Å²) < 4.78 is 5.38. The molecule has 2 rings (SSSR count). The number of hydrogen-bond donors (Lipinski definition) is 2. The van der Waals surface area contributed by atoms with Crippen molar-refractivity contribution in [1.82, 2.24) is 15.2 Å². The molecule has 0 spiro atoms. The molecule has 0 aromatic carbocycles. The van der Waals surface area contributed by atoms with Crippen LogP contribution in [0.5, 0.6) is 0 Å². The molecule has 6 nitrogen and oxygen atoms in total. The Hall–Kier alpha value is -1.18. The van der Waals surface area contributed by atoms with Crippen molar-refractivity contribution in [2.24, 2.45) is 5.92 Å². The smallest absolute Gasteiger partial charge is 0.321 e. The molecule has 0 radical (unpaired) electrons. The second-order valence-corrected chi connectivity index (χ2v) is 6.03. The zero-order valence-corrected chi connectivity index (χ0v) is 12.8. The van der Waals surface area contributed by atoms with Crippen LogP contribution in [0, 0.1) is 5.92 Å². The number of carbonyl (C=O) groups excluding carboxylic acids is 1. The molecule has 1 fully saturated rings. The number of amides is 2. The van der Waals surface area contributed by atoms with Crippen molar-refractivity contribution < 1.29 is 9.53 Å². The summed E-state index contributed by atoms with van der Waals surface area (Å²) in [6.07, 6.45) is 1.67. The number of morpholine rings is 1. The first-order valence-corrected chi connectivity index (χ1v) is 7.81. The van der Waals surface area contributed by atoms with Gasteiger partial charge in [0.15, 0.2) is 5.13 Å². The first-order valence-electron chi connectivity index (χ1n) is 6.93. The summed E-state index contributed by atoms with van der Waals surface area (Å²) >= 11 is 1.41. The van der Waals surface area contributed by atoms with Crippen molar-refractivity contribution in [3.8, 4) is 0 Å². The molecule has 1 aromatic rings. The Morgan fingerprint density at radius 1 is 1.50 bits per heavy atom. The van der Waals surface area contributed by atoms with Crippen LogP contribution in [-0.4, -0.2) is 54.8 Å². The monoisotopic (exact) mass is 298 g/mol. The number of thiazole rings is 1. The van der Waals surface area contributed by atoms with E-state index in [0.29, 0.717) is 23.6 Å². The van der Waals surface area contributed by atoms with E-state index in [9.17, 15) is 4.79 Å². The summed E-state index contributed by atoms with van der Waals surface area (Å²) in [6.45, 7) is 8.40. The lowest BCUT2D eigenvalue weighted by Gasteiger charge is -2.36. The number of carbonyl (C=O) groups is 1. The maximum absolute atomic E-state index is 11.8. The number of aromatic nitrogens is 1. The molecule has 0 aliphatic carbocycles. The summed E-state index contributed by atoms with van der Waals surface area (Å²) in [4.78, 5) is 18.2. The molecule has 2 amide bonds. The van der Waals surface area contributed by atoms with Gasteiger partial charge in [-0.05, 0) is 5.92 Å². The van der Waals surface area contributed by atoms with Gasteiger partial charge in [0.1, 0.15) is 0 Å². The average molecular weight is 298 g/mol. The highest BCUT2D eigenvalue weighted by Gasteiger charge is 2.24. The molecule has 1 aliphatic heterocycles. The Morgan fingerprint density at radius 3 is 2.85 bits per heavy atom. The van der Waals surface area contributed by atoms with E-state index in [-0.39, 0.29) is 6.03 Å². The van der Waals surface area contributed by atoms with Gasteiger partial charge in [-0.2, -0.15) is 0 Å². The third-order valence-corrected chi connectivity index (χ3v) is 4.10. The van der Waals surface area contributed by atoms with Gasteiger partial charge in [-0.1, -0.05) is 13.8 Å². The maximum atomic E-state index is 11.8. The lowest BCUT2D eigenvalue weighted by atomic mass is 10.0. The van der Waals surface area contributed by atoms with E-state index in [0.717, 1.165) is 26.3 Å². The van der Waals surface area contributed by atoms with Crippen LogP contribution in [0.25, 0.3) is 0 Å². The minimum absolute atomic E-state index is 0.196. The third kappa shape index (κ3) is 4.43. The summed E-state index contributed by atoms with van der Waals surface area (Å²) in [5.74, 6) is 0.480. The summed E-state index contributed by atoms with van der Waals surface area (Å²) in [5, 5.41) is 8.12. The number of nitrogens with zero attached hydrogens (tertiary/aromatic N) is 2. The molecule has 20 heavy (non-hydrogen) atoms. The molecule has 2 heterocycles. The topological polar surface area (TPSA) is 66.5 Å². The van der Waals surface area contributed by atoms with Crippen LogP contribution in [0.2, 0.25) is 0 Å². The molecule has 1 atom stereocenters. The molecule has 0 unspecified atom stereocenters. The van der Waals surface area contributed by atoms with Crippen molar-refractivity contribution in [2.75, 3.05) is 38.2 Å². The fraction of sp³-hybridized carbons (Fsp3) is 0.692. The van der Waals surface area contributed by atoms with Crippen LogP contribution >= 0.6 is 11.3 Å². The molecule has 1 aliphatic rings. The van der Waals surface area contributed by atoms with Gasteiger partial charge in [0.2, 0.25) is 0 Å². The minimum Gasteiger partial charge on any atom is -0.379 e. The Balaban J connectivity index is 1.80. The first-order chi connectivity index (χ1) is 9.66. The number of urea groups is 1. The van der Waals surface area contributed by atoms with Crippen LogP contribution in [0.3, 0.4) is 0 Å². The van der Waals surface area contributed by atoms with Crippen LogP contribution in [0.1, 0.15) is 13.8 Å². The lowest BCUT2D eigenvalue weighted by Crippen LogP contribution is -2.51. The number of nitrogens with one attached hydrogen (secondary N) is 2. The maximum Gasteiger partial charge on any atom is 0.321 e. The molecule has 2 N–H and O–H groups in total. The standard InChI is InChI=1S/C13H22N4O2S/c1-10(2)11(17-4-6-19-7-5-17)9-15-12(18)16-13-14-3-8-20-13/h3,8,10-11H,4-7,9H2,1-2H3,(H2,14,15,16,18)/t11-/m1/s1. The van der Waals surface area contributed by atoms with E-state index in [1.165, 1.54) is 11.3 Å². The predicted octanol–water partition coefficient (Wildman–Crippen LogP) is 1.62. The first kappa shape index (κ1) is 15.2. The second-order valence-electron chi connectivity index (χ2n) is 5.13. The number of anilines is 1. The van der Waals surface area contributed by atoms with Crippen LogP contribution in [0.15, 0.2) is 11.6 Å². The molecule has 112 valence electrons. The van der Waals surface area contributed by atoms with Gasteiger partial charge in [-0.3, -0.25) is 10.2 Å². The normalized spacial score (nSPS) is 17.9. The van der Waals surface area contributed by atoms with Gasteiger partial charge >= 0.3 is 6.03 Å². The molecule has 7 heteroatoms. The van der Waals surface area contributed by atoms with E-state index >= 15 is 0 Å². The third-order valence-electron chi connectivity index (χ3n) is 3.41. The van der Waals surface area contributed by atoms with Crippen LogP contribution in [0.4, 0.5) is 9.93 Å². The SMILES string of the molecule is CC(C)[C@@H](CNC(=O)Nc1nccs1)N1CCOCC1. The average Bonchev–Trinajstić information content (AvgIpc) is 2.92. The largest absolute Gasteiger partial charge is 0.379 e. The molecule has 0 saturated carbocycles. The van der Waals surface area contributed by atoms with Gasteiger partial charge in [0.25, 0.3) is 0 Å². The highest BCUT2D eigenvalue weighted by Crippen LogP contribution is 2.13. The van der Waals surface area contributed by atoms with Gasteiger partial charge in [0, 0.05) is 37.3 Å². The minimum atomic E-state index is -0.196. The van der Waals surface area contributed by atoms with Crippen molar-refractivity contribution in [2.45, 2.75) is 19.9 Å². The van der Waals surface area contributed by atoms with Gasteiger partial charge in [-0.25, -0.2) is 9.78 Å². The van der Waals surface area contributed by atoms with Gasteiger partial charge < -0.3 is 10.1 Å². The van der Waals surface area contributed by atoms with Crippen molar-refractivity contribution in [3.63, 3.8) is 0 Å². The number of hydrogen-bond acceptors (Lipinski definition) is 5. The highest BCUT2D eigenvalue weighted by molar-refractivity contribution is 7.13. The summed E-state index contributed by atoms with van der Waals surface area (Å²) in [6, 6.07) is 0.139. The van der Waals surface area contributed by atoms with Crippen molar-refractivity contribution >= 4 is 22.5 Å². The Morgan fingerprint density at radius 2 is 2.25 bits per heavy atom. The van der Waals surface area contributed by atoms with E-state index in [4.69, 9.17) is 4.74 Å². The van der Waals surface area contributed by atoms with E-state index in [2.05, 4.69) is 34.4 Å². The number of ether oxygens (including phenoxy) is 1. The van der Waals surface area contributed by atoms with Crippen molar-refractivity contribution in [3.05, 3.63) is 11.6 Å². The van der Waals surface area contributed by atoms with Crippen molar-refractivity contribution in [1.29, 1.82) is 0 Å². The van der Waals surface area contributed by atoms with Gasteiger partial charge in [0.05, 0.1) is 13.2 Å². The molecule has 1 saturated heterocycles. The predicted molar refractivity (Wildman–Crippen MR) is 80.2 cm³/mol. The fourth-order valence-corrected chi connectivity index (χ4v) is 2.84. The van der Waals surface area contributed by atoms with Crippen LogP contribution < -0.4 is 10.6 Å². The summed E-state index contributed by atoms with van der Waals surface area (Å²) in [7, 11) is 0. The molecule has 0 bridgehead atoms. The number of rotatable bonds is 5. The Kier molecular flexibility index (Phi) is 5.75. The van der Waals surface area contributed by atoms with E-state index < -0.39 is 0 Å². The van der Waals surface area contributed by atoms with Gasteiger partial charge in [-0.15, -0.1) is 11.3 Å². The highest BCUT2D eigenvalue weighted by atomic mass is 32.1. The quantitative estimate of drug-likeness (QED) is 0.867. The zero-order chi connectivity index (χ0) is 14.4. The molecular weight excluding hydrogens is 276 g/mol. The Bertz CT molecular complexity index is 405. The van der Waals surface area contributed by atoms with E-state index in [1.807, 2.05) is 5.38 Å². The Labute approximate surface area is 123 Å². The second kappa shape index (κ2) is 7.56. The van der Waals surface area contributed by atoms with E-state index in [1.54, 1.807) is 6.20 Å². The fourth-order valence-electron chi connectivity index (χ4n) is 2.32. The lowest BCUT2D eigenvalue weighted by molar-refractivity contribution is 0.00728. The van der Waals surface area contributed by atoms with Crippen LogP contribution in [-0.2, 0) is 4.74 Å². The molecule has 1 aromatic heterocycles. The zero-order valence-electron chi connectivity index (χ0n) is 12.0.